The van der Waals surface area contributed by atoms with Crippen molar-refractivity contribution in [3.63, 3.8) is 0 Å². The number of anilines is 3. The minimum atomic E-state index is -0.533. The van der Waals surface area contributed by atoms with E-state index in [1.807, 2.05) is 49.4 Å². The molecule has 4 aromatic rings. The van der Waals surface area contributed by atoms with Crippen LogP contribution in [0, 0.1) is 19.8 Å². The smallest absolute Gasteiger partial charge is 0.323 e. The average Bonchev–Trinajstić information content (AvgIpc) is 3.34. The molecular formula is C33H38N6O6. The fourth-order valence-corrected chi connectivity index (χ4v) is 5.35. The average molecular weight is 615 g/mol. The van der Waals surface area contributed by atoms with Gasteiger partial charge in [-0.2, -0.15) is 0 Å². The molecule has 236 valence electrons. The van der Waals surface area contributed by atoms with Crippen LogP contribution in [0.25, 0.3) is 10.8 Å². The lowest BCUT2D eigenvalue weighted by molar-refractivity contribution is 0.0371. The lowest BCUT2D eigenvalue weighted by Crippen LogP contribution is -2.50. The topological polar surface area (TPSA) is 149 Å². The van der Waals surface area contributed by atoms with Gasteiger partial charge in [-0.15, -0.1) is 0 Å². The Labute approximate surface area is 261 Å². The van der Waals surface area contributed by atoms with Crippen LogP contribution in [-0.4, -0.2) is 76.9 Å². The molecule has 0 fully saturated rings. The number of aromatic nitrogens is 1. The molecule has 3 atom stereocenters. The van der Waals surface area contributed by atoms with Gasteiger partial charge in [-0.1, -0.05) is 48.5 Å². The molecule has 12 nitrogen and oxygen atoms in total. The van der Waals surface area contributed by atoms with Crippen LogP contribution in [0.15, 0.2) is 65.2 Å². The van der Waals surface area contributed by atoms with Gasteiger partial charge in [-0.05, 0) is 50.4 Å². The first-order chi connectivity index (χ1) is 21.5. The Morgan fingerprint density at radius 1 is 1.09 bits per heavy atom. The van der Waals surface area contributed by atoms with Crippen molar-refractivity contribution < 1.29 is 28.8 Å². The Morgan fingerprint density at radius 3 is 2.58 bits per heavy atom. The van der Waals surface area contributed by atoms with Gasteiger partial charge in [-0.25, -0.2) is 9.59 Å². The Hall–Kier alpha value is -5.10. The zero-order valence-corrected chi connectivity index (χ0v) is 26.0. The van der Waals surface area contributed by atoms with E-state index in [2.05, 4.69) is 21.1 Å². The van der Waals surface area contributed by atoms with E-state index < -0.39 is 18.2 Å². The minimum absolute atomic E-state index is 0.192. The number of ether oxygens (including phenoxy) is 1. The first-order valence-corrected chi connectivity index (χ1v) is 14.8. The Morgan fingerprint density at radius 2 is 1.84 bits per heavy atom. The second kappa shape index (κ2) is 13.3. The van der Waals surface area contributed by atoms with Crippen LogP contribution in [0.1, 0.15) is 35.7 Å². The Balaban J connectivity index is 1.36. The van der Waals surface area contributed by atoms with Crippen molar-refractivity contribution in [2.75, 3.05) is 42.7 Å². The van der Waals surface area contributed by atoms with Crippen molar-refractivity contribution in [1.82, 2.24) is 15.0 Å². The number of urea groups is 2. The van der Waals surface area contributed by atoms with Crippen LogP contribution >= 0.6 is 0 Å². The van der Waals surface area contributed by atoms with Crippen LogP contribution in [0.4, 0.5) is 26.7 Å². The first-order valence-electron chi connectivity index (χ1n) is 14.8. The van der Waals surface area contributed by atoms with E-state index in [1.54, 1.807) is 55.8 Å². The maximum atomic E-state index is 13.8. The van der Waals surface area contributed by atoms with E-state index >= 15 is 0 Å². The van der Waals surface area contributed by atoms with E-state index in [0.29, 0.717) is 34.3 Å². The van der Waals surface area contributed by atoms with Crippen LogP contribution in [0.5, 0.6) is 5.75 Å². The third kappa shape index (κ3) is 6.86. The molecule has 1 aliphatic heterocycles. The molecule has 0 unspecified atom stereocenters. The summed E-state index contributed by atoms with van der Waals surface area (Å²) in [6, 6.07) is 17.1. The van der Waals surface area contributed by atoms with Crippen molar-refractivity contribution in [2.24, 2.45) is 5.92 Å². The summed E-state index contributed by atoms with van der Waals surface area (Å²) in [5.41, 5.74) is 2.29. The number of hydrogen-bond donors (Lipinski definition) is 4. The van der Waals surface area contributed by atoms with Crippen LogP contribution in [-0.2, 0) is 0 Å². The number of carbonyl (C=O) groups excluding carboxylic acids is 3. The summed E-state index contributed by atoms with van der Waals surface area (Å²) in [7, 11) is 1.69. The number of fused-ring (bicyclic) bond motifs is 2. The highest BCUT2D eigenvalue weighted by Crippen LogP contribution is 2.31. The summed E-state index contributed by atoms with van der Waals surface area (Å²) >= 11 is 0. The quantitative estimate of drug-likeness (QED) is 0.216. The van der Waals surface area contributed by atoms with E-state index in [0.717, 1.165) is 10.8 Å². The van der Waals surface area contributed by atoms with Gasteiger partial charge in [0.25, 0.3) is 5.91 Å². The van der Waals surface area contributed by atoms with Gasteiger partial charge in [0.05, 0.1) is 30.4 Å². The van der Waals surface area contributed by atoms with Crippen molar-refractivity contribution in [1.29, 1.82) is 0 Å². The standard InChI is InChI=1S/C33H38N6O6/c1-19-16-39(20(2)18-40)31(41)26-15-24(34-32(42)36-30-21(3)37-45-22(30)4)13-14-28(26)44-29(19)17-38(5)33(43)35-27-12-8-10-23-9-6-7-11-25(23)27/h6-15,19-20,29,40H,16-18H2,1-5H3,(H,35,43)(H2,34,36,42)/t19-,20+,29+/m1/s1. The van der Waals surface area contributed by atoms with Crippen LogP contribution in [0.3, 0.4) is 0 Å². The highest BCUT2D eigenvalue weighted by atomic mass is 16.5. The van der Waals surface area contributed by atoms with Crippen molar-refractivity contribution in [3.05, 3.63) is 77.7 Å². The Kier molecular flexibility index (Phi) is 9.24. The molecule has 0 aliphatic carbocycles. The normalized spacial score (nSPS) is 17.0. The van der Waals surface area contributed by atoms with Crippen LogP contribution in [0.2, 0.25) is 0 Å². The summed E-state index contributed by atoms with van der Waals surface area (Å²) < 4.78 is 11.5. The highest BCUT2D eigenvalue weighted by molar-refractivity contribution is 6.03. The summed E-state index contributed by atoms with van der Waals surface area (Å²) in [5.74, 6) is 0.247. The molecule has 3 aromatic carbocycles. The van der Waals surface area contributed by atoms with Gasteiger partial charge in [-0.3, -0.25) is 4.79 Å². The van der Waals surface area contributed by atoms with Crippen molar-refractivity contribution in [2.45, 2.75) is 39.8 Å². The maximum Gasteiger partial charge on any atom is 0.323 e. The molecule has 1 aromatic heterocycles. The van der Waals surface area contributed by atoms with Gasteiger partial charge < -0.3 is 40.1 Å². The van der Waals surface area contributed by atoms with Gasteiger partial charge in [0.1, 0.15) is 23.2 Å². The highest BCUT2D eigenvalue weighted by Gasteiger charge is 2.34. The molecule has 45 heavy (non-hydrogen) atoms. The minimum Gasteiger partial charge on any atom is -0.487 e. The van der Waals surface area contributed by atoms with Gasteiger partial charge in [0.15, 0.2) is 5.76 Å². The summed E-state index contributed by atoms with van der Waals surface area (Å²) in [5, 5.41) is 24.2. The number of rotatable bonds is 7. The number of amides is 5. The predicted octanol–water partition coefficient (Wildman–Crippen LogP) is 5.47. The van der Waals surface area contributed by atoms with Crippen molar-refractivity contribution >= 4 is 45.8 Å². The number of benzene rings is 3. The van der Waals surface area contributed by atoms with E-state index in [4.69, 9.17) is 9.26 Å². The predicted molar refractivity (Wildman–Crippen MR) is 172 cm³/mol. The second-order valence-corrected chi connectivity index (χ2v) is 11.4. The van der Waals surface area contributed by atoms with E-state index in [-0.39, 0.29) is 43.1 Å². The van der Waals surface area contributed by atoms with Crippen molar-refractivity contribution in [3.8, 4) is 5.75 Å². The number of nitrogens with one attached hydrogen (secondary N) is 3. The third-order valence-electron chi connectivity index (χ3n) is 8.03. The largest absolute Gasteiger partial charge is 0.487 e. The number of nitrogens with zero attached hydrogens (tertiary/aromatic N) is 3. The SMILES string of the molecule is Cc1noc(C)c1NC(=O)Nc1ccc2c(c1)C(=O)N([C@@H](C)CO)C[C@@H](C)[C@H](CN(C)C(=O)Nc1cccc3ccccc13)O2. The van der Waals surface area contributed by atoms with Gasteiger partial charge >= 0.3 is 12.1 Å². The van der Waals surface area contributed by atoms with Crippen LogP contribution < -0.4 is 20.7 Å². The molecule has 2 heterocycles. The van der Waals surface area contributed by atoms with Gasteiger partial charge in [0.2, 0.25) is 0 Å². The zero-order valence-electron chi connectivity index (χ0n) is 26.0. The number of aliphatic hydroxyl groups excluding tert-OH is 1. The number of likely N-dealkylation sites (N-methyl/N-ethyl adjacent to an activating group) is 1. The molecule has 0 saturated carbocycles. The molecule has 4 N–H and O–H groups in total. The lowest BCUT2D eigenvalue weighted by Gasteiger charge is -2.38. The molecule has 0 spiro atoms. The number of hydrogen-bond acceptors (Lipinski definition) is 7. The molecule has 0 bridgehead atoms. The lowest BCUT2D eigenvalue weighted by atomic mass is 9.99. The zero-order chi connectivity index (χ0) is 32.2. The molecular weight excluding hydrogens is 576 g/mol. The van der Waals surface area contributed by atoms with E-state index in [9.17, 15) is 19.5 Å². The molecule has 0 saturated heterocycles. The fraction of sp³-hybridized carbons (Fsp3) is 0.333. The number of carbonyl (C=O) groups is 3. The van der Waals surface area contributed by atoms with Gasteiger partial charge in [0, 0.05) is 30.6 Å². The number of aliphatic hydroxyl groups is 1. The first kappa shape index (κ1) is 31.3. The maximum absolute atomic E-state index is 13.8. The fourth-order valence-electron chi connectivity index (χ4n) is 5.35. The molecule has 5 amide bonds. The van der Waals surface area contributed by atoms with E-state index in [1.165, 1.54) is 0 Å². The monoisotopic (exact) mass is 614 g/mol. The summed E-state index contributed by atoms with van der Waals surface area (Å²) in [6.07, 6.45) is -0.491. The second-order valence-electron chi connectivity index (χ2n) is 11.4. The summed E-state index contributed by atoms with van der Waals surface area (Å²) in [4.78, 5) is 43.0. The number of aryl methyl sites for hydroxylation is 2. The molecule has 12 heteroatoms. The molecule has 1 aliphatic rings. The molecule has 5 rings (SSSR count). The third-order valence-corrected chi connectivity index (χ3v) is 8.03. The molecule has 0 radical (unpaired) electrons. The Bertz CT molecular complexity index is 1700. The summed E-state index contributed by atoms with van der Waals surface area (Å²) in [6.45, 7) is 7.41.